The van der Waals surface area contributed by atoms with Gasteiger partial charge in [0.15, 0.2) is 6.10 Å². The van der Waals surface area contributed by atoms with Crippen LogP contribution in [0.25, 0.3) is 0 Å². The van der Waals surface area contributed by atoms with Gasteiger partial charge < -0.3 is 10.1 Å². The number of anilines is 1. The Hall–Kier alpha value is -0.980. The lowest BCUT2D eigenvalue weighted by Gasteiger charge is -2.16. The molecule has 0 aromatic heterocycles. The predicted molar refractivity (Wildman–Crippen MR) is 104 cm³/mol. The third-order valence-electron chi connectivity index (χ3n) is 3.27. The van der Waals surface area contributed by atoms with Crippen molar-refractivity contribution in [2.75, 3.05) is 5.32 Å². The molecule has 2 rings (SSSR count). The minimum atomic E-state index is -0.687. The molecule has 2 aromatic rings. The van der Waals surface area contributed by atoms with Gasteiger partial charge in [0.05, 0.1) is 5.02 Å². The molecule has 0 heterocycles. The highest BCUT2D eigenvalue weighted by atomic mass is 127. The van der Waals surface area contributed by atoms with E-state index < -0.39 is 6.10 Å². The molecule has 2 aromatic carbocycles. The maximum Gasteiger partial charge on any atom is 0.265 e. The van der Waals surface area contributed by atoms with E-state index in [0.29, 0.717) is 15.8 Å². The smallest absolute Gasteiger partial charge is 0.265 e. The number of ether oxygens (including phenoxy) is 1. The van der Waals surface area contributed by atoms with Crippen molar-refractivity contribution in [2.45, 2.75) is 26.9 Å². The summed E-state index contributed by atoms with van der Waals surface area (Å²) in [6.45, 7) is 5.70. The molecule has 0 spiro atoms. The van der Waals surface area contributed by atoms with Gasteiger partial charge in [-0.3, -0.25) is 4.79 Å². The summed E-state index contributed by atoms with van der Waals surface area (Å²) in [4.78, 5) is 12.3. The first-order chi connectivity index (χ1) is 10.8. The number of rotatable bonds is 4. The molecule has 0 radical (unpaired) electrons. The molecule has 1 atom stereocenters. The number of carbonyl (C=O) groups is 1. The zero-order valence-electron chi connectivity index (χ0n) is 12.9. The Kier molecular flexibility index (Phi) is 6.17. The standard InChI is InChI=1S/C17H16Cl2INO2/c1-9-6-13(7-10(2)16(9)20)21-17(22)11(3)23-15-5-4-12(18)8-14(15)19/h4-8,11H,1-3H3,(H,21,22)/t11-/m0/s1. The Bertz CT molecular complexity index is 726. The summed E-state index contributed by atoms with van der Waals surface area (Å²) < 4.78 is 6.81. The van der Waals surface area contributed by atoms with Crippen LogP contribution in [0.15, 0.2) is 30.3 Å². The van der Waals surface area contributed by atoms with Crippen molar-refractivity contribution in [2.24, 2.45) is 0 Å². The van der Waals surface area contributed by atoms with Gasteiger partial charge in [0, 0.05) is 14.3 Å². The molecule has 1 amide bonds. The summed E-state index contributed by atoms with van der Waals surface area (Å²) in [6.07, 6.45) is -0.687. The monoisotopic (exact) mass is 463 g/mol. The first kappa shape index (κ1) is 18.4. The number of aryl methyl sites for hydroxylation is 2. The number of benzene rings is 2. The van der Waals surface area contributed by atoms with Crippen LogP contribution in [0.3, 0.4) is 0 Å². The van der Waals surface area contributed by atoms with Crippen molar-refractivity contribution in [1.82, 2.24) is 0 Å². The van der Waals surface area contributed by atoms with E-state index in [1.54, 1.807) is 25.1 Å². The van der Waals surface area contributed by atoms with Crippen molar-refractivity contribution >= 4 is 57.4 Å². The Balaban J connectivity index is 2.08. The summed E-state index contributed by atoms with van der Waals surface area (Å²) in [5, 5.41) is 3.76. The van der Waals surface area contributed by atoms with Gasteiger partial charge in [-0.05, 0) is 84.8 Å². The van der Waals surface area contributed by atoms with E-state index in [1.807, 2.05) is 26.0 Å². The highest BCUT2D eigenvalue weighted by molar-refractivity contribution is 14.1. The third kappa shape index (κ3) is 4.75. The van der Waals surface area contributed by atoms with Crippen molar-refractivity contribution in [3.63, 3.8) is 0 Å². The molecule has 1 N–H and O–H groups in total. The fourth-order valence-corrected chi connectivity index (χ4v) is 2.84. The SMILES string of the molecule is Cc1cc(NC(=O)[C@H](C)Oc2ccc(Cl)cc2Cl)cc(C)c1I. The van der Waals surface area contributed by atoms with Crippen molar-refractivity contribution in [1.29, 1.82) is 0 Å². The zero-order valence-corrected chi connectivity index (χ0v) is 16.6. The lowest BCUT2D eigenvalue weighted by atomic mass is 10.1. The van der Waals surface area contributed by atoms with E-state index in [1.165, 1.54) is 3.57 Å². The van der Waals surface area contributed by atoms with Crippen LogP contribution in [0.1, 0.15) is 18.1 Å². The van der Waals surface area contributed by atoms with Crippen LogP contribution >= 0.6 is 45.8 Å². The van der Waals surface area contributed by atoms with E-state index in [9.17, 15) is 4.79 Å². The Morgan fingerprint density at radius 2 is 1.78 bits per heavy atom. The predicted octanol–water partition coefficient (Wildman–Crippen LogP) is 5.62. The molecule has 6 heteroatoms. The van der Waals surface area contributed by atoms with E-state index in [2.05, 4.69) is 27.9 Å². The average molecular weight is 464 g/mol. The first-order valence-electron chi connectivity index (χ1n) is 6.97. The minimum Gasteiger partial charge on any atom is -0.479 e. The Morgan fingerprint density at radius 3 is 2.35 bits per heavy atom. The van der Waals surface area contributed by atoms with E-state index in [0.717, 1.165) is 16.8 Å². The molecule has 0 aliphatic heterocycles. The number of nitrogens with one attached hydrogen (secondary N) is 1. The van der Waals surface area contributed by atoms with Crippen LogP contribution in [0, 0.1) is 17.4 Å². The van der Waals surface area contributed by atoms with Crippen LogP contribution in [0.2, 0.25) is 10.0 Å². The number of hydrogen-bond acceptors (Lipinski definition) is 2. The highest BCUT2D eigenvalue weighted by Gasteiger charge is 2.17. The molecule has 0 bridgehead atoms. The maximum atomic E-state index is 12.3. The molecule has 0 aliphatic rings. The normalized spacial score (nSPS) is 11.9. The van der Waals surface area contributed by atoms with Gasteiger partial charge in [-0.25, -0.2) is 0 Å². The van der Waals surface area contributed by atoms with Gasteiger partial charge in [0.25, 0.3) is 5.91 Å². The summed E-state index contributed by atoms with van der Waals surface area (Å²) in [7, 11) is 0. The van der Waals surface area contributed by atoms with Crippen molar-refractivity contribution < 1.29 is 9.53 Å². The van der Waals surface area contributed by atoms with E-state index in [-0.39, 0.29) is 5.91 Å². The Morgan fingerprint density at radius 1 is 1.17 bits per heavy atom. The maximum absolute atomic E-state index is 12.3. The molecular formula is C17H16Cl2INO2. The summed E-state index contributed by atoms with van der Waals surface area (Å²) in [6, 6.07) is 8.77. The van der Waals surface area contributed by atoms with Crippen LogP contribution < -0.4 is 10.1 Å². The second-order valence-electron chi connectivity index (χ2n) is 5.25. The summed E-state index contributed by atoms with van der Waals surface area (Å²) in [5.74, 6) is 0.185. The van der Waals surface area contributed by atoms with Gasteiger partial charge in [0.2, 0.25) is 0 Å². The van der Waals surface area contributed by atoms with Crippen molar-refractivity contribution in [3.8, 4) is 5.75 Å². The van der Waals surface area contributed by atoms with Crippen LogP contribution in [-0.2, 0) is 4.79 Å². The molecular weight excluding hydrogens is 448 g/mol. The Labute approximate surface area is 159 Å². The van der Waals surface area contributed by atoms with Crippen LogP contribution in [0.5, 0.6) is 5.75 Å². The van der Waals surface area contributed by atoms with Gasteiger partial charge in [-0.2, -0.15) is 0 Å². The fourth-order valence-electron chi connectivity index (χ4n) is 2.08. The van der Waals surface area contributed by atoms with Crippen molar-refractivity contribution in [3.05, 3.63) is 55.1 Å². The van der Waals surface area contributed by atoms with Gasteiger partial charge >= 0.3 is 0 Å². The van der Waals surface area contributed by atoms with Crippen LogP contribution in [-0.4, -0.2) is 12.0 Å². The number of halogens is 3. The second-order valence-corrected chi connectivity index (χ2v) is 7.17. The molecule has 0 unspecified atom stereocenters. The molecule has 122 valence electrons. The second kappa shape index (κ2) is 7.73. The quantitative estimate of drug-likeness (QED) is 0.597. The van der Waals surface area contributed by atoms with Gasteiger partial charge in [-0.15, -0.1) is 0 Å². The molecule has 0 saturated heterocycles. The first-order valence-corrected chi connectivity index (χ1v) is 8.80. The average Bonchev–Trinajstić information content (AvgIpc) is 2.47. The van der Waals surface area contributed by atoms with E-state index >= 15 is 0 Å². The fraction of sp³-hybridized carbons (Fsp3) is 0.235. The molecule has 3 nitrogen and oxygen atoms in total. The minimum absolute atomic E-state index is 0.240. The summed E-state index contributed by atoms with van der Waals surface area (Å²) >= 11 is 14.2. The lowest BCUT2D eigenvalue weighted by Crippen LogP contribution is -2.30. The molecule has 23 heavy (non-hydrogen) atoms. The van der Waals surface area contributed by atoms with Gasteiger partial charge in [0.1, 0.15) is 5.75 Å². The lowest BCUT2D eigenvalue weighted by molar-refractivity contribution is -0.122. The topological polar surface area (TPSA) is 38.3 Å². The zero-order chi connectivity index (χ0) is 17.1. The molecule has 0 aliphatic carbocycles. The summed E-state index contributed by atoms with van der Waals surface area (Å²) in [5.41, 5.74) is 2.99. The number of amides is 1. The van der Waals surface area contributed by atoms with E-state index in [4.69, 9.17) is 27.9 Å². The third-order valence-corrected chi connectivity index (χ3v) is 5.50. The van der Waals surface area contributed by atoms with Crippen LogP contribution in [0.4, 0.5) is 5.69 Å². The molecule has 0 fully saturated rings. The van der Waals surface area contributed by atoms with Gasteiger partial charge in [-0.1, -0.05) is 23.2 Å². The number of carbonyl (C=O) groups excluding carboxylic acids is 1. The molecule has 0 saturated carbocycles. The number of hydrogen-bond donors (Lipinski definition) is 1. The largest absolute Gasteiger partial charge is 0.479 e. The highest BCUT2D eigenvalue weighted by Crippen LogP contribution is 2.28.